The highest BCUT2D eigenvalue weighted by Gasteiger charge is 2.40. The van der Waals surface area contributed by atoms with Gasteiger partial charge in [-0.3, -0.25) is 14.3 Å². The number of carbonyl (C=O) groups excluding carboxylic acids is 1. The van der Waals surface area contributed by atoms with Gasteiger partial charge in [0.25, 0.3) is 5.91 Å². The van der Waals surface area contributed by atoms with E-state index >= 15 is 0 Å². The van der Waals surface area contributed by atoms with E-state index in [1.807, 2.05) is 33.8 Å². The molecule has 8 heteroatoms. The summed E-state index contributed by atoms with van der Waals surface area (Å²) in [5.74, 6) is 1.15. The molecule has 0 radical (unpaired) electrons. The molecule has 0 saturated carbocycles. The molecule has 1 saturated heterocycles. The van der Waals surface area contributed by atoms with Crippen LogP contribution in [0.25, 0.3) is 17.3 Å². The van der Waals surface area contributed by atoms with Gasteiger partial charge in [-0.2, -0.15) is 0 Å². The molecule has 0 bridgehead atoms. The van der Waals surface area contributed by atoms with E-state index in [-0.39, 0.29) is 11.9 Å². The normalized spacial score (nSPS) is 17.1. The molecule has 0 N–H and O–H groups in total. The molecule has 7 nitrogen and oxygen atoms in total. The Morgan fingerprint density at radius 2 is 2.06 bits per heavy atom. The largest absolute Gasteiger partial charge is 0.438 e. The van der Waals surface area contributed by atoms with Crippen LogP contribution in [0.3, 0.4) is 0 Å². The Kier molecular flexibility index (Phi) is 5.45. The van der Waals surface area contributed by atoms with Crippen molar-refractivity contribution in [2.45, 2.75) is 25.4 Å². The third-order valence-electron chi connectivity index (χ3n) is 6.01. The molecule has 2 aliphatic heterocycles. The van der Waals surface area contributed by atoms with E-state index in [2.05, 4.69) is 28.0 Å². The molecular weight excluding hydrogens is 426 g/mol. The maximum Gasteiger partial charge on any atom is 0.258 e. The summed E-state index contributed by atoms with van der Waals surface area (Å²) in [5, 5.41) is 0.448. The molecule has 1 fully saturated rings. The molecule has 0 unspecified atom stereocenters. The van der Waals surface area contributed by atoms with Crippen LogP contribution in [-0.4, -0.2) is 49.9 Å². The van der Waals surface area contributed by atoms with Crippen LogP contribution in [0.4, 0.5) is 0 Å². The van der Waals surface area contributed by atoms with E-state index in [9.17, 15) is 4.79 Å². The molecule has 5 rings (SSSR count). The number of rotatable bonds is 7. The van der Waals surface area contributed by atoms with Crippen molar-refractivity contribution in [3.63, 3.8) is 0 Å². The second-order valence-electron chi connectivity index (χ2n) is 8.04. The van der Waals surface area contributed by atoms with Crippen LogP contribution in [0.15, 0.2) is 60.5 Å². The number of aromatic nitrogens is 3. The molecule has 32 heavy (non-hydrogen) atoms. The first-order valence-electron chi connectivity index (χ1n) is 10.7. The van der Waals surface area contributed by atoms with Crippen molar-refractivity contribution in [3.05, 3.63) is 78.1 Å². The number of fused-ring (bicyclic) bond motifs is 5. The fourth-order valence-corrected chi connectivity index (χ4v) is 4.93. The summed E-state index contributed by atoms with van der Waals surface area (Å²) in [6.45, 7) is 10.3. The van der Waals surface area contributed by atoms with Crippen molar-refractivity contribution in [2.24, 2.45) is 0 Å². The van der Waals surface area contributed by atoms with Gasteiger partial charge in [0, 0.05) is 19.6 Å². The lowest BCUT2D eigenvalue weighted by Crippen LogP contribution is -2.29. The van der Waals surface area contributed by atoms with Crippen LogP contribution in [0.2, 0.25) is 5.02 Å². The molecule has 2 aromatic heterocycles. The molecule has 1 aromatic carbocycles. The topological polar surface area (TPSA) is 67.4 Å². The number of halogens is 1. The number of benzene rings is 1. The van der Waals surface area contributed by atoms with Gasteiger partial charge in [-0.1, -0.05) is 29.8 Å². The minimum atomic E-state index is -0.100. The molecule has 1 amide bonds. The molecule has 0 spiro atoms. The summed E-state index contributed by atoms with van der Waals surface area (Å²) in [6.07, 6.45) is 8.96. The standard InChI is InChI=1S/C24H24ClN5O2/c1-3-10-28(11-4-2)14-16-13-26-23(32-16)21-22-19-9-6-12-29(19)24(31)20-17(25)7-5-8-18(20)30(22)15-27-21/h3-5,7-8,13,15,19H,1-2,6,9-12,14H2/t19-/m0/s1. The molecular formula is C24H24ClN5O2. The maximum atomic E-state index is 13.3. The van der Waals surface area contributed by atoms with Gasteiger partial charge in [0.2, 0.25) is 5.89 Å². The lowest BCUT2D eigenvalue weighted by Gasteiger charge is -2.22. The average molecular weight is 450 g/mol. The van der Waals surface area contributed by atoms with E-state index in [0.717, 1.165) is 43.1 Å². The molecule has 164 valence electrons. The van der Waals surface area contributed by atoms with Crippen LogP contribution in [0.1, 0.15) is 40.7 Å². The average Bonchev–Trinajstić information content (AvgIpc) is 3.51. The lowest BCUT2D eigenvalue weighted by molar-refractivity contribution is 0.0739. The van der Waals surface area contributed by atoms with E-state index in [0.29, 0.717) is 35.3 Å². The minimum Gasteiger partial charge on any atom is -0.438 e. The predicted octanol–water partition coefficient (Wildman–Crippen LogP) is 4.65. The number of imidazole rings is 1. The van der Waals surface area contributed by atoms with Crippen molar-refractivity contribution in [2.75, 3.05) is 19.6 Å². The summed E-state index contributed by atoms with van der Waals surface area (Å²) in [6, 6.07) is 5.41. The van der Waals surface area contributed by atoms with Gasteiger partial charge in [0.1, 0.15) is 17.8 Å². The summed E-state index contributed by atoms with van der Waals surface area (Å²) in [5.41, 5.74) is 2.83. The number of carbonyl (C=O) groups is 1. The Hall–Kier alpha value is -3.16. The number of nitrogens with zero attached hydrogens (tertiary/aromatic N) is 5. The van der Waals surface area contributed by atoms with Gasteiger partial charge in [-0.05, 0) is 25.0 Å². The van der Waals surface area contributed by atoms with Crippen LogP contribution in [0.5, 0.6) is 0 Å². The van der Waals surface area contributed by atoms with Crippen LogP contribution >= 0.6 is 11.6 Å². The van der Waals surface area contributed by atoms with Crippen LogP contribution < -0.4 is 0 Å². The zero-order chi connectivity index (χ0) is 22.2. The van der Waals surface area contributed by atoms with Crippen molar-refractivity contribution < 1.29 is 9.21 Å². The SMILES string of the molecule is C=CCN(CC=C)Cc1cnc(-c2ncn3c2[C@@H]2CCCN2C(=O)c2c(Cl)cccc2-3)o1. The lowest BCUT2D eigenvalue weighted by atomic mass is 10.1. The van der Waals surface area contributed by atoms with E-state index < -0.39 is 0 Å². The number of amides is 1. The predicted molar refractivity (Wildman–Crippen MR) is 123 cm³/mol. The van der Waals surface area contributed by atoms with Crippen molar-refractivity contribution in [1.82, 2.24) is 24.3 Å². The Balaban J connectivity index is 1.57. The quantitative estimate of drug-likeness (QED) is 0.491. The second kappa shape index (κ2) is 8.41. The zero-order valence-electron chi connectivity index (χ0n) is 17.7. The van der Waals surface area contributed by atoms with Crippen molar-refractivity contribution in [1.29, 1.82) is 0 Å². The second-order valence-corrected chi connectivity index (χ2v) is 8.45. The molecule has 4 heterocycles. The third kappa shape index (κ3) is 3.38. The third-order valence-corrected chi connectivity index (χ3v) is 6.32. The monoisotopic (exact) mass is 449 g/mol. The van der Waals surface area contributed by atoms with E-state index in [1.54, 1.807) is 18.6 Å². The maximum absolute atomic E-state index is 13.3. The number of hydrogen-bond acceptors (Lipinski definition) is 5. The Morgan fingerprint density at radius 1 is 1.25 bits per heavy atom. The highest BCUT2D eigenvalue weighted by atomic mass is 35.5. The summed E-state index contributed by atoms with van der Waals surface area (Å²) in [4.78, 5) is 26.6. The number of oxazole rings is 1. The van der Waals surface area contributed by atoms with Gasteiger partial charge in [-0.25, -0.2) is 9.97 Å². The van der Waals surface area contributed by atoms with Gasteiger partial charge in [0.15, 0.2) is 0 Å². The summed E-state index contributed by atoms with van der Waals surface area (Å²) >= 11 is 6.46. The van der Waals surface area contributed by atoms with Crippen molar-refractivity contribution in [3.8, 4) is 17.3 Å². The molecule has 3 aromatic rings. The zero-order valence-corrected chi connectivity index (χ0v) is 18.5. The fraction of sp³-hybridized carbons (Fsp3) is 0.292. The first kappa shape index (κ1) is 20.7. The van der Waals surface area contributed by atoms with Crippen LogP contribution in [-0.2, 0) is 6.54 Å². The number of hydrogen-bond donors (Lipinski definition) is 0. The first-order chi connectivity index (χ1) is 15.6. The van der Waals surface area contributed by atoms with Crippen LogP contribution in [0, 0.1) is 0 Å². The minimum absolute atomic E-state index is 0.0414. The summed E-state index contributed by atoms with van der Waals surface area (Å²) in [7, 11) is 0. The highest BCUT2D eigenvalue weighted by molar-refractivity contribution is 6.34. The Bertz CT molecular complexity index is 1190. The van der Waals surface area contributed by atoms with E-state index in [4.69, 9.17) is 16.0 Å². The molecule has 0 aliphatic carbocycles. The van der Waals surface area contributed by atoms with Gasteiger partial charge >= 0.3 is 0 Å². The van der Waals surface area contributed by atoms with E-state index in [1.165, 1.54) is 0 Å². The highest BCUT2D eigenvalue weighted by Crippen LogP contribution is 2.43. The molecule has 1 atom stereocenters. The van der Waals surface area contributed by atoms with Crippen molar-refractivity contribution >= 4 is 17.5 Å². The Labute approximate surface area is 191 Å². The molecule has 2 aliphatic rings. The van der Waals surface area contributed by atoms with Gasteiger partial charge < -0.3 is 9.32 Å². The summed E-state index contributed by atoms with van der Waals surface area (Å²) < 4.78 is 8.09. The van der Waals surface area contributed by atoms with Gasteiger partial charge in [-0.15, -0.1) is 13.2 Å². The van der Waals surface area contributed by atoms with Gasteiger partial charge in [0.05, 0.1) is 40.8 Å². The smallest absolute Gasteiger partial charge is 0.258 e. The Morgan fingerprint density at radius 3 is 2.84 bits per heavy atom. The first-order valence-corrected chi connectivity index (χ1v) is 11.1. The fourth-order valence-electron chi connectivity index (χ4n) is 4.68.